The summed E-state index contributed by atoms with van der Waals surface area (Å²) in [6.45, 7) is 0. The molecule has 0 atom stereocenters. The van der Waals surface area contributed by atoms with Crippen molar-refractivity contribution in [1.82, 2.24) is 9.97 Å². The molecule has 78 valence electrons. The van der Waals surface area contributed by atoms with Crippen LogP contribution < -0.4 is 11.1 Å². The van der Waals surface area contributed by atoms with Crippen LogP contribution in [-0.4, -0.2) is 9.97 Å². The van der Waals surface area contributed by atoms with E-state index in [1.807, 2.05) is 6.07 Å². The van der Waals surface area contributed by atoms with Crippen molar-refractivity contribution in [2.75, 3.05) is 11.1 Å². The van der Waals surface area contributed by atoms with E-state index in [0.29, 0.717) is 22.9 Å². The highest BCUT2D eigenvalue weighted by atomic mass is 15.0. The molecule has 1 aromatic heterocycles. The van der Waals surface area contributed by atoms with Gasteiger partial charge < -0.3 is 11.1 Å². The van der Waals surface area contributed by atoms with Crippen molar-refractivity contribution in [2.24, 2.45) is 0 Å². The number of anilines is 3. The lowest BCUT2D eigenvalue weighted by atomic mass is 10.2. The number of hydrogen-bond donors (Lipinski definition) is 2. The molecule has 5 nitrogen and oxygen atoms in total. The number of aromatic nitrogens is 2. The minimum absolute atomic E-state index is 0.360. The van der Waals surface area contributed by atoms with E-state index >= 15 is 0 Å². The van der Waals surface area contributed by atoms with Crippen molar-refractivity contribution < 1.29 is 0 Å². The predicted molar refractivity (Wildman–Crippen MR) is 60.9 cm³/mol. The molecule has 0 saturated heterocycles. The highest BCUT2D eigenvalue weighted by Gasteiger charge is 2.01. The molecule has 0 saturated carbocycles. The molecule has 2 aromatic rings. The van der Waals surface area contributed by atoms with Crippen molar-refractivity contribution >= 4 is 17.3 Å². The average Bonchev–Trinajstić information content (AvgIpc) is 2.33. The SMILES string of the molecule is N#Cc1ccccc1Nc1cnc(N)cn1. The third-order valence-electron chi connectivity index (χ3n) is 1.98. The van der Waals surface area contributed by atoms with Gasteiger partial charge in [-0.1, -0.05) is 12.1 Å². The number of nitrogens with two attached hydrogens (primary N) is 1. The summed E-state index contributed by atoms with van der Waals surface area (Å²) in [5.74, 6) is 0.913. The van der Waals surface area contributed by atoms with Crippen LogP contribution in [0.2, 0.25) is 0 Å². The number of nitriles is 1. The summed E-state index contributed by atoms with van der Waals surface area (Å²) in [6.07, 6.45) is 2.97. The smallest absolute Gasteiger partial charge is 0.149 e. The Labute approximate surface area is 92.6 Å². The molecular formula is C11H9N5. The van der Waals surface area contributed by atoms with Gasteiger partial charge in [-0.15, -0.1) is 0 Å². The largest absolute Gasteiger partial charge is 0.382 e. The first-order valence-corrected chi connectivity index (χ1v) is 4.63. The van der Waals surface area contributed by atoms with Crippen LogP contribution in [0.15, 0.2) is 36.7 Å². The minimum atomic E-state index is 0.360. The zero-order valence-corrected chi connectivity index (χ0v) is 8.38. The van der Waals surface area contributed by atoms with Gasteiger partial charge in [0.05, 0.1) is 23.6 Å². The molecule has 0 aliphatic carbocycles. The van der Waals surface area contributed by atoms with Crippen molar-refractivity contribution in [3.05, 3.63) is 42.2 Å². The molecule has 1 heterocycles. The summed E-state index contributed by atoms with van der Waals surface area (Å²) in [5.41, 5.74) is 6.68. The van der Waals surface area contributed by atoms with Gasteiger partial charge in [-0.05, 0) is 12.1 Å². The Kier molecular flexibility index (Phi) is 2.65. The van der Waals surface area contributed by atoms with Crippen molar-refractivity contribution in [1.29, 1.82) is 5.26 Å². The Bertz CT molecular complexity index is 527. The first-order valence-electron chi connectivity index (χ1n) is 4.63. The number of hydrogen-bond acceptors (Lipinski definition) is 5. The topological polar surface area (TPSA) is 87.6 Å². The molecule has 1 aromatic carbocycles. The minimum Gasteiger partial charge on any atom is -0.382 e. The standard InChI is InChI=1S/C11H9N5/c12-5-8-3-1-2-4-9(8)16-11-7-14-10(13)6-15-11/h1-4,6-7H,(H2,13,14)(H,15,16). The van der Waals surface area contributed by atoms with E-state index in [1.54, 1.807) is 18.2 Å². The van der Waals surface area contributed by atoms with Gasteiger partial charge >= 0.3 is 0 Å². The maximum Gasteiger partial charge on any atom is 0.149 e. The van der Waals surface area contributed by atoms with Crippen molar-refractivity contribution in [3.8, 4) is 6.07 Å². The van der Waals surface area contributed by atoms with E-state index in [0.717, 1.165) is 0 Å². The van der Waals surface area contributed by atoms with Gasteiger partial charge in [0, 0.05) is 0 Å². The lowest BCUT2D eigenvalue weighted by Crippen LogP contribution is -1.98. The van der Waals surface area contributed by atoms with Crippen LogP contribution in [0.4, 0.5) is 17.3 Å². The molecule has 0 aliphatic rings. The Hall–Kier alpha value is -2.61. The summed E-state index contributed by atoms with van der Waals surface area (Å²) in [7, 11) is 0. The van der Waals surface area contributed by atoms with Crippen LogP contribution in [0, 0.1) is 11.3 Å². The zero-order valence-electron chi connectivity index (χ0n) is 8.38. The van der Waals surface area contributed by atoms with Crippen LogP contribution in [0.5, 0.6) is 0 Å². The fourth-order valence-corrected chi connectivity index (χ4v) is 1.23. The van der Waals surface area contributed by atoms with Gasteiger partial charge in [0.15, 0.2) is 0 Å². The maximum atomic E-state index is 8.89. The number of nitrogens with zero attached hydrogens (tertiary/aromatic N) is 3. The number of nitrogens with one attached hydrogen (secondary N) is 1. The van der Waals surface area contributed by atoms with Gasteiger partial charge in [0.25, 0.3) is 0 Å². The molecule has 2 rings (SSSR count). The fourth-order valence-electron chi connectivity index (χ4n) is 1.23. The number of nitrogen functional groups attached to an aromatic ring is 1. The average molecular weight is 211 g/mol. The summed E-state index contributed by atoms with van der Waals surface area (Å²) < 4.78 is 0. The quantitative estimate of drug-likeness (QED) is 0.788. The summed E-state index contributed by atoms with van der Waals surface area (Å²) in [6, 6.07) is 9.27. The molecule has 5 heteroatoms. The van der Waals surface area contributed by atoms with Crippen LogP contribution >= 0.6 is 0 Å². The number of rotatable bonds is 2. The predicted octanol–water partition coefficient (Wildman–Crippen LogP) is 1.67. The van der Waals surface area contributed by atoms with Crippen LogP contribution in [0.1, 0.15) is 5.56 Å². The van der Waals surface area contributed by atoms with E-state index < -0.39 is 0 Å². The molecule has 0 spiro atoms. The Balaban J connectivity index is 2.27. The van der Waals surface area contributed by atoms with E-state index in [9.17, 15) is 0 Å². The third kappa shape index (κ3) is 2.07. The molecule has 0 unspecified atom stereocenters. The Morgan fingerprint density at radius 1 is 1.19 bits per heavy atom. The van der Waals surface area contributed by atoms with Crippen LogP contribution in [0.3, 0.4) is 0 Å². The molecule has 0 amide bonds. The number of benzene rings is 1. The molecule has 0 aliphatic heterocycles. The van der Waals surface area contributed by atoms with Crippen molar-refractivity contribution in [2.45, 2.75) is 0 Å². The second-order valence-electron chi connectivity index (χ2n) is 3.11. The normalized spacial score (nSPS) is 9.44. The first-order chi connectivity index (χ1) is 7.79. The molecule has 3 N–H and O–H groups in total. The van der Waals surface area contributed by atoms with E-state index in [1.165, 1.54) is 12.4 Å². The third-order valence-corrected chi connectivity index (χ3v) is 1.98. The van der Waals surface area contributed by atoms with E-state index in [4.69, 9.17) is 11.0 Å². The second kappa shape index (κ2) is 4.28. The molecule has 0 radical (unpaired) electrons. The Morgan fingerprint density at radius 3 is 2.69 bits per heavy atom. The highest BCUT2D eigenvalue weighted by Crippen LogP contribution is 2.17. The maximum absolute atomic E-state index is 8.89. The van der Waals surface area contributed by atoms with Gasteiger partial charge in [0.2, 0.25) is 0 Å². The summed E-state index contributed by atoms with van der Waals surface area (Å²) >= 11 is 0. The summed E-state index contributed by atoms with van der Waals surface area (Å²) in [5, 5.41) is 11.9. The first kappa shape index (κ1) is 9.93. The molecule has 0 fully saturated rings. The number of para-hydroxylation sites is 1. The van der Waals surface area contributed by atoms with E-state index in [2.05, 4.69) is 21.4 Å². The van der Waals surface area contributed by atoms with Crippen LogP contribution in [0.25, 0.3) is 0 Å². The lowest BCUT2D eigenvalue weighted by Gasteiger charge is -2.06. The fraction of sp³-hybridized carbons (Fsp3) is 0. The second-order valence-corrected chi connectivity index (χ2v) is 3.11. The Morgan fingerprint density at radius 2 is 2.00 bits per heavy atom. The molecule has 0 bridgehead atoms. The summed E-state index contributed by atoms with van der Waals surface area (Å²) in [4.78, 5) is 7.94. The van der Waals surface area contributed by atoms with Gasteiger partial charge in [-0.2, -0.15) is 5.26 Å². The molecular weight excluding hydrogens is 202 g/mol. The van der Waals surface area contributed by atoms with Gasteiger partial charge in [-0.3, -0.25) is 0 Å². The highest BCUT2D eigenvalue weighted by molar-refractivity contribution is 5.63. The lowest BCUT2D eigenvalue weighted by molar-refractivity contribution is 1.21. The van der Waals surface area contributed by atoms with Gasteiger partial charge in [0.1, 0.15) is 17.7 Å². The molecule has 16 heavy (non-hydrogen) atoms. The van der Waals surface area contributed by atoms with E-state index in [-0.39, 0.29) is 0 Å². The van der Waals surface area contributed by atoms with Crippen molar-refractivity contribution in [3.63, 3.8) is 0 Å². The monoisotopic (exact) mass is 211 g/mol. The zero-order chi connectivity index (χ0) is 11.4. The van der Waals surface area contributed by atoms with Crippen LogP contribution in [-0.2, 0) is 0 Å². The van der Waals surface area contributed by atoms with Gasteiger partial charge in [-0.25, -0.2) is 9.97 Å².